The molecule has 3 heterocycles. The Kier molecular flexibility index (Phi) is 5.43. The first kappa shape index (κ1) is 25.2. The SMILES string of the molecule is FC(F)(F)c1ncnc(N2c3ccccc3C3(c4ccccc4N(c4ccccc4)c4ccccc43)c3ccccc32)n1. The number of para-hydroxylation sites is 5. The number of alkyl halides is 3. The molecule has 2 aliphatic rings. The number of fused-ring (bicyclic) bond motifs is 8. The van der Waals surface area contributed by atoms with Gasteiger partial charge in [-0.25, -0.2) is 9.97 Å². The lowest BCUT2D eigenvalue weighted by Crippen LogP contribution is -2.42. The van der Waals surface area contributed by atoms with E-state index >= 15 is 0 Å². The maximum absolute atomic E-state index is 13.7. The van der Waals surface area contributed by atoms with Gasteiger partial charge in [-0.15, -0.1) is 0 Å². The van der Waals surface area contributed by atoms with Gasteiger partial charge in [-0.1, -0.05) is 91.0 Å². The number of benzene rings is 5. The predicted molar refractivity (Wildman–Crippen MR) is 160 cm³/mol. The first-order valence-electron chi connectivity index (χ1n) is 13.8. The molecule has 8 rings (SSSR count). The summed E-state index contributed by atoms with van der Waals surface area (Å²) in [5.74, 6) is -1.33. The lowest BCUT2D eigenvalue weighted by molar-refractivity contribution is -0.145. The van der Waals surface area contributed by atoms with E-state index in [0.29, 0.717) is 11.4 Å². The number of anilines is 6. The monoisotopic (exact) mass is 569 g/mol. The second-order valence-corrected chi connectivity index (χ2v) is 10.4. The average Bonchev–Trinajstić information content (AvgIpc) is 3.05. The van der Waals surface area contributed by atoms with E-state index in [0.717, 1.165) is 45.6 Å². The molecule has 0 unspecified atom stereocenters. The highest BCUT2D eigenvalue weighted by Crippen LogP contribution is 2.63. The summed E-state index contributed by atoms with van der Waals surface area (Å²) in [5.41, 5.74) is 7.60. The van der Waals surface area contributed by atoms with Crippen LogP contribution in [0.25, 0.3) is 0 Å². The summed E-state index contributed by atoms with van der Waals surface area (Å²) >= 11 is 0. The summed E-state index contributed by atoms with van der Waals surface area (Å²) in [6, 6.07) is 42.6. The van der Waals surface area contributed by atoms with Gasteiger partial charge in [0, 0.05) is 5.69 Å². The molecule has 5 aromatic carbocycles. The van der Waals surface area contributed by atoms with Crippen molar-refractivity contribution in [2.75, 3.05) is 9.80 Å². The zero-order valence-electron chi connectivity index (χ0n) is 22.6. The minimum atomic E-state index is -4.71. The third-order valence-electron chi connectivity index (χ3n) is 8.22. The molecular formula is C35H22F3N5. The van der Waals surface area contributed by atoms with E-state index < -0.39 is 17.4 Å². The van der Waals surface area contributed by atoms with Crippen LogP contribution in [-0.2, 0) is 11.6 Å². The highest BCUT2D eigenvalue weighted by molar-refractivity contribution is 5.95. The van der Waals surface area contributed by atoms with Crippen LogP contribution < -0.4 is 9.80 Å². The van der Waals surface area contributed by atoms with E-state index in [4.69, 9.17) is 0 Å². The van der Waals surface area contributed by atoms with Crippen molar-refractivity contribution in [1.82, 2.24) is 15.0 Å². The summed E-state index contributed by atoms with van der Waals surface area (Å²) in [5, 5.41) is 0. The van der Waals surface area contributed by atoms with Crippen molar-refractivity contribution in [2.45, 2.75) is 11.6 Å². The van der Waals surface area contributed by atoms with Crippen LogP contribution in [0.3, 0.4) is 0 Å². The highest BCUT2D eigenvalue weighted by Gasteiger charge is 2.52. The van der Waals surface area contributed by atoms with Gasteiger partial charge in [0.05, 0.1) is 28.2 Å². The van der Waals surface area contributed by atoms with E-state index in [9.17, 15) is 13.2 Å². The van der Waals surface area contributed by atoms with Crippen LogP contribution in [0.1, 0.15) is 28.1 Å². The van der Waals surface area contributed by atoms with Crippen molar-refractivity contribution in [3.05, 3.63) is 162 Å². The second-order valence-electron chi connectivity index (χ2n) is 10.4. The normalized spacial score (nSPS) is 14.5. The van der Waals surface area contributed by atoms with Crippen LogP contribution in [0.4, 0.5) is 47.6 Å². The molecule has 43 heavy (non-hydrogen) atoms. The number of halogens is 3. The molecule has 208 valence electrons. The highest BCUT2D eigenvalue weighted by atomic mass is 19.4. The Bertz CT molecular complexity index is 1910. The smallest absolute Gasteiger partial charge is 0.310 e. The molecule has 0 radical (unpaired) electrons. The summed E-state index contributed by atoms with van der Waals surface area (Å²) in [6.45, 7) is 0. The molecule has 5 nitrogen and oxygen atoms in total. The Balaban J connectivity index is 1.48. The zero-order chi connectivity index (χ0) is 29.2. The lowest BCUT2D eigenvalue weighted by atomic mass is 9.60. The third kappa shape index (κ3) is 3.56. The Labute approximate surface area is 245 Å². The van der Waals surface area contributed by atoms with Gasteiger partial charge in [-0.2, -0.15) is 18.2 Å². The fourth-order valence-electron chi connectivity index (χ4n) is 6.68. The molecule has 1 spiro atoms. The van der Waals surface area contributed by atoms with Crippen LogP contribution in [0.2, 0.25) is 0 Å². The summed E-state index contributed by atoms with van der Waals surface area (Å²) < 4.78 is 41.2. The van der Waals surface area contributed by atoms with Crippen molar-refractivity contribution in [3.63, 3.8) is 0 Å². The van der Waals surface area contributed by atoms with E-state index in [1.807, 2.05) is 78.9 Å². The molecule has 8 heteroatoms. The molecule has 0 amide bonds. The fourth-order valence-corrected chi connectivity index (χ4v) is 6.68. The summed E-state index contributed by atoms with van der Waals surface area (Å²) in [7, 11) is 0. The minimum absolute atomic E-state index is 0.0969. The van der Waals surface area contributed by atoms with Crippen LogP contribution in [0.5, 0.6) is 0 Å². The Hall–Kier alpha value is -5.50. The molecular weight excluding hydrogens is 547 g/mol. The second kappa shape index (κ2) is 9.25. The molecule has 0 bridgehead atoms. The molecule has 6 aromatic rings. The van der Waals surface area contributed by atoms with Gasteiger partial charge in [0.1, 0.15) is 6.33 Å². The summed E-state index contributed by atoms with van der Waals surface area (Å²) in [4.78, 5) is 15.6. The number of hydrogen-bond donors (Lipinski definition) is 0. The van der Waals surface area contributed by atoms with Crippen molar-refractivity contribution < 1.29 is 13.2 Å². The van der Waals surface area contributed by atoms with Crippen LogP contribution in [0.15, 0.2) is 134 Å². The molecule has 0 atom stereocenters. The first-order chi connectivity index (χ1) is 21.0. The molecule has 0 aliphatic carbocycles. The molecule has 2 aliphatic heterocycles. The third-order valence-corrected chi connectivity index (χ3v) is 8.22. The van der Waals surface area contributed by atoms with Crippen molar-refractivity contribution in [2.24, 2.45) is 0 Å². The van der Waals surface area contributed by atoms with Gasteiger partial charge < -0.3 is 4.90 Å². The number of nitrogens with zero attached hydrogens (tertiary/aromatic N) is 5. The largest absolute Gasteiger partial charge is 0.451 e. The Morgan fingerprint density at radius 1 is 0.488 bits per heavy atom. The first-order valence-corrected chi connectivity index (χ1v) is 13.8. The van der Waals surface area contributed by atoms with Crippen molar-refractivity contribution in [3.8, 4) is 0 Å². The predicted octanol–water partition coefficient (Wildman–Crippen LogP) is 8.84. The van der Waals surface area contributed by atoms with Crippen LogP contribution >= 0.6 is 0 Å². The van der Waals surface area contributed by atoms with Crippen LogP contribution in [-0.4, -0.2) is 15.0 Å². The quantitative estimate of drug-likeness (QED) is 0.208. The molecule has 0 saturated carbocycles. The van der Waals surface area contributed by atoms with Gasteiger partial charge in [-0.3, -0.25) is 4.90 Å². The fraction of sp³-hybridized carbons (Fsp3) is 0.0571. The van der Waals surface area contributed by atoms with E-state index in [1.165, 1.54) is 0 Å². The maximum atomic E-state index is 13.7. The van der Waals surface area contributed by atoms with Crippen molar-refractivity contribution >= 4 is 34.4 Å². The molecule has 0 N–H and O–H groups in total. The average molecular weight is 570 g/mol. The number of hydrogen-bond acceptors (Lipinski definition) is 5. The van der Waals surface area contributed by atoms with Gasteiger partial charge in [0.2, 0.25) is 11.8 Å². The molecule has 0 fully saturated rings. The topological polar surface area (TPSA) is 45.2 Å². The molecule has 1 aromatic heterocycles. The minimum Gasteiger partial charge on any atom is -0.310 e. The summed E-state index contributed by atoms with van der Waals surface area (Å²) in [6.07, 6.45) is -3.79. The molecule has 0 saturated heterocycles. The standard InChI is InChI=1S/C35H22F3N5/c36-35(37,38)32-39-22-40-33(41-32)43-30-20-10-6-16-26(30)34(27-17-7-11-21-31(27)43)24-14-4-8-18-28(24)42(23-12-2-1-3-13-23)29-19-9-5-15-25(29)34/h1-22H. The van der Waals surface area contributed by atoms with E-state index in [-0.39, 0.29) is 5.95 Å². The number of aromatic nitrogens is 3. The zero-order valence-corrected chi connectivity index (χ0v) is 22.6. The maximum Gasteiger partial charge on any atom is 0.451 e. The van der Waals surface area contributed by atoms with E-state index in [2.05, 4.69) is 68.4 Å². The number of rotatable bonds is 2. The van der Waals surface area contributed by atoms with E-state index in [1.54, 1.807) is 4.90 Å². The van der Waals surface area contributed by atoms with Gasteiger partial charge >= 0.3 is 6.18 Å². The van der Waals surface area contributed by atoms with Gasteiger partial charge in [0.25, 0.3) is 0 Å². The Morgan fingerprint density at radius 2 is 0.907 bits per heavy atom. The Morgan fingerprint density at radius 3 is 1.37 bits per heavy atom. The van der Waals surface area contributed by atoms with Crippen molar-refractivity contribution in [1.29, 1.82) is 0 Å². The van der Waals surface area contributed by atoms with Gasteiger partial charge in [0.15, 0.2) is 0 Å². The lowest BCUT2D eigenvalue weighted by Gasteiger charge is -2.50. The van der Waals surface area contributed by atoms with Gasteiger partial charge in [-0.05, 0) is 58.7 Å². The van der Waals surface area contributed by atoms with Crippen LogP contribution in [0, 0.1) is 0 Å².